The summed E-state index contributed by atoms with van der Waals surface area (Å²) >= 11 is 0. The summed E-state index contributed by atoms with van der Waals surface area (Å²) in [5.74, 6) is 3.41. The van der Waals surface area contributed by atoms with Crippen molar-refractivity contribution in [2.45, 2.75) is 38.9 Å². The molecule has 10 aromatic rings. The number of aromatic nitrogens is 5. The molecule has 0 aliphatic carbocycles. The SMILES string of the molecule is CC(C)(Oc1ccc(-c2ccccn2)cc1)c1cc(-c2ccccc2-c2ccc(-c3ncccn3)cc2Oc2cccc(-c3ccccn3)c2)cc(C(C)(C)Oc2ccc(-c3ccccn3)cc2)c1. The molecule has 6 aromatic carbocycles. The van der Waals surface area contributed by atoms with Gasteiger partial charge in [0.2, 0.25) is 0 Å². The zero-order valence-corrected chi connectivity index (χ0v) is 38.8. The summed E-state index contributed by atoms with van der Waals surface area (Å²) < 4.78 is 20.7. The van der Waals surface area contributed by atoms with Crippen molar-refractivity contribution in [3.63, 3.8) is 0 Å². The Kier molecular flexibility index (Phi) is 12.3. The van der Waals surface area contributed by atoms with E-state index in [9.17, 15) is 0 Å². The van der Waals surface area contributed by atoms with E-state index in [1.807, 2.05) is 146 Å². The topological polar surface area (TPSA) is 92.1 Å². The van der Waals surface area contributed by atoms with Crippen LogP contribution in [-0.2, 0) is 11.2 Å². The molecule has 0 unspecified atom stereocenters. The third-order valence-corrected chi connectivity index (χ3v) is 12.1. The van der Waals surface area contributed by atoms with Gasteiger partial charge in [-0.05, 0) is 189 Å². The molecule has 0 atom stereocenters. The van der Waals surface area contributed by atoms with E-state index in [0.29, 0.717) is 17.3 Å². The lowest BCUT2D eigenvalue weighted by Gasteiger charge is -2.32. The summed E-state index contributed by atoms with van der Waals surface area (Å²) in [7, 11) is 0. The highest BCUT2D eigenvalue weighted by atomic mass is 16.5. The maximum atomic E-state index is 6.91. The summed E-state index contributed by atoms with van der Waals surface area (Å²) in [5, 5.41) is 0. The standard InChI is InChI=1S/C61H49N5O3/c1-60(2,68-49-27-22-42(23-28-49)55-19-7-10-32-62-55)47-37-46(38-48(41-47)61(3,4)69-50-29-24-43(25-30-50)56-20-8-11-33-63-56)52-17-5-6-18-53(52)54-31-26-45(59-65-35-14-36-66-59)40-58(54)67-51-16-13-15-44(39-51)57-21-9-12-34-64-57/h5-41H,1-4H3. The fourth-order valence-electron chi connectivity index (χ4n) is 8.41. The van der Waals surface area contributed by atoms with Gasteiger partial charge in [0.15, 0.2) is 5.82 Å². The average Bonchev–Trinajstić information content (AvgIpc) is 3.40. The highest BCUT2D eigenvalue weighted by Gasteiger charge is 2.30. The Labute approximate surface area is 403 Å². The minimum atomic E-state index is -0.781. The van der Waals surface area contributed by atoms with E-state index in [0.717, 1.165) is 84.2 Å². The first-order chi connectivity index (χ1) is 33.6. The molecule has 0 amide bonds. The number of benzene rings is 6. The van der Waals surface area contributed by atoms with Gasteiger partial charge in [-0.2, -0.15) is 0 Å². The Bertz CT molecular complexity index is 3210. The van der Waals surface area contributed by atoms with E-state index in [4.69, 9.17) is 14.2 Å². The molecule has 0 radical (unpaired) electrons. The van der Waals surface area contributed by atoms with Gasteiger partial charge >= 0.3 is 0 Å². The molecule has 0 saturated heterocycles. The number of hydrogen-bond acceptors (Lipinski definition) is 8. The molecule has 4 aromatic heterocycles. The number of pyridine rings is 3. The van der Waals surface area contributed by atoms with Crippen LogP contribution < -0.4 is 14.2 Å². The summed E-state index contributed by atoms with van der Waals surface area (Å²) in [6.07, 6.45) is 8.90. The Morgan fingerprint density at radius 1 is 0.319 bits per heavy atom. The van der Waals surface area contributed by atoms with E-state index in [-0.39, 0.29) is 0 Å². The molecule has 10 rings (SSSR count). The second-order valence-corrected chi connectivity index (χ2v) is 17.7. The van der Waals surface area contributed by atoms with Crippen molar-refractivity contribution in [2.75, 3.05) is 0 Å². The molecule has 0 aliphatic rings. The smallest absolute Gasteiger partial charge is 0.159 e. The first-order valence-corrected chi connectivity index (χ1v) is 22.9. The van der Waals surface area contributed by atoms with Gasteiger partial charge in [0.25, 0.3) is 0 Å². The van der Waals surface area contributed by atoms with Gasteiger partial charge in [0.1, 0.15) is 34.2 Å². The second kappa shape index (κ2) is 19.2. The molecule has 8 heteroatoms. The van der Waals surface area contributed by atoms with E-state index in [2.05, 4.69) is 101 Å². The van der Waals surface area contributed by atoms with Gasteiger partial charge in [0.05, 0.1) is 17.1 Å². The molecular weight excluding hydrogens is 851 g/mol. The summed E-state index contributed by atoms with van der Waals surface area (Å²) in [5.41, 5.74) is 10.7. The van der Waals surface area contributed by atoms with Crippen molar-refractivity contribution in [1.82, 2.24) is 24.9 Å². The van der Waals surface area contributed by atoms with Crippen LogP contribution in [0.15, 0.2) is 225 Å². The molecule has 69 heavy (non-hydrogen) atoms. The van der Waals surface area contributed by atoms with Crippen molar-refractivity contribution >= 4 is 0 Å². The predicted octanol–water partition coefficient (Wildman–Crippen LogP) is 15.1. The molecule has 0 N–H and O–H groups in total. The minimum absolute atomic E-state index is 0.601. The molecule has 4 heterocycles. The Morgan fingerprint density at radius 3 is 1.35 bits per heavy atom. The Hall–Kier alpha value is -8.75. The van der Waals surface area contributed by atoms with Crippen LogP contribution in [0.25, 0.3) is 67.4 Å². The fourth-order valence-corrected chi connectivity index (χ4v) is 8.41. The van der Waals surface area contributed by atoms with Crippen LogP contribution in [0.2, 0.25) is 0 Å². The van der Waals surface area contributed by atoms with Crippen LogP contribution in [0.3, 0.4) is 0 Å². The molecule has 336 valence electrons. The van der Waals surface area contributed by atoms with Gasteiger partial charge in [-0.1, -0.05) is 60.7 Å². The molecule has 0 aliphatic heterocycles. The van der Waals surface area contributed by atoms with Crippen LogP contribution in [0.1, 0.15) is 38.8 Å². The van der Waals surface area contributed by atoms with Gasteiger partial charge < -0.3 is 14.2 Å². The van der Waals surface area contributed by atoms with E-state index in [1.165, 1.54) is 0 Å². The van der Waals surface area contributed by atoms with Crippen LogP contribution in [0.4, 0.5) is 0 Å². The second-order valence-electron chi connectivity index (χ2n) is 17.7. The van der Waals surface area contributed by atoms with Gasteiger partial charge in [0, 0.05) is 58.8 Å². The molecule has 0 saturated carbocycles. The maximum absolute atomic E-state index is 6.91. The van der Waals surface area contributed by atoms with Crippen molar-refractivity contribution in [3.8, 4) is 90.4 Å². The number of nitrogens with zero attached hydrogens (tertiary/aromatic N) is 5. The third-order valence-electron chi connectivity index (χ3n) is 12.1. The Morgan fingerprint density at radius 2 is 0.812 bits per heavy atom. The van der Waals surface area contributed by atoms with Crippen molar-refractivity contribution in [1.29, 1.82) is 0 Å². The largest absolute Gasteiger partial charge is 0.483 e. The lowest BCUT2D eigenvalue weighted by molar-refractivity contribution is 0.102. The first-order valence-electron chi connectivity index (χ1n) is 22.9. The van der Waals surface area contributed by atoms with Crippen LogP contribution in [-0.4, -0.2) is 24.9 Å². The monoisotopic (exact) mass is 899 g/mol. The summed E-state index contributed by atoms with van der Waals surface area (Å²) in [6.45, 7) is 8.42. The van der Waals surface area contributed by atoms with Crippen LogP contribution in [0.5, 0.6) is 23.0 Å². The lowest BCUT2D eigenvalue weighted by atomic mass is 9.85. The predicted molar refractivity (Wildman–Crippen MR) is 275 cm³/mol. The minimum Gasteiger partial charge on any atom is -0.483 e. The normalized spacial score (nSPS) is 11.5. The zero-order valence-electron chi connectivity index (χ0n) is 38.8. The highest BCUT2D eigenvalue weighted by molar-refractivity contribution is 5.88. The first kappa shape index (κ1) is 44.1. The number of rotatable bonds is 14. The molecule has 8 nitrogen and oxygen atoms in total. The number of hydrogen-bond donors (Lipinski definition) is 0. The van der Waals surface area contributed by atoms with E-state index < -0.39 is 11.2 Å². The molecular formula is C61H49N5O3. The maximum Gasteiger partial charge on any atom is 0.159 e. The lowest BCUT2D eigenvalue weighted by Crippen LogP contribution is -2.29. The highest BCUT2D eigenvalue weighted by Crippen LogP contribution is 2.44. The quantitative estimate of drug-likeness (QED) is 0.107. The summed E-state index contributed by atoms with van der Waals surface area (Å²) in [4.78, 5) is 22.8. The molecule has 0 fully saturated rings. The zero-order chi connectivity index (χ0) is 47.2. The third kappa shape index (κ3) is 10.0. The molecule has 0 bridgehead atoms. The van der Waals surface area contributed by atoms with Gasteiger partial charge in [-0.15, -0.1) is 0 Å². The van der Waals surface area contributed by atoms with Crippen molar-refractivity contribution in [3.05, 3.63) is 236 Å². The van der Waals surface area contributed by atoms with Crippen LogP contribution in [0, 0.1) is 0 Å². The number of ether oxygens (including phenoxy) is 3. The van der Waals surface area contributed by atoms with Gasteiger partial charge in [-0.3, -0.25) is 15.0 Å². The average molecular weight is 900 g/mol. The van der Waals surface area contributed by atoms with Crippen LogP contribution >= 0.6 is 0 Å². The van der Waals surface area contributed by atoms with Crippen molar-refractivity contribution in [2.24, 2.45) is 0 Å². The fraction of sp³-hybridized carbons (Fsp3) is 0.0984. The van der Waals surface area contributed by atoms with E-state index in [1.54, 1.807) is 31.0 Å². The van der Waals surface area contributed by atoms with Crippen molar-refractivity contribution < 1.29 is 14.2 Å². The van der Waals surface area contributed by atoms with E-state index >= 15 is 0 Å². The molecule has 0 spiro atoms. The Balaban J connectivity index is 1.07. The van der Waals surface area contributed by atoms with Gasteiger partial charge in [-0.25, -0.2) is 9.97 Å². The summed E-state index contributed by atoms with van der Waals surface area (Å²) in [6, 6.07) is 65.0.